The van der Waals surface area contributed by atoms with E-state index in [0.717, 1.165) is 25.9 Å². The van der Waals surface area contributed by atoms with Crippen LogP contribution >= 0.6 is 0 Å². The van der Waals surface area contributed by atoms with Crippen LogP contribution in [0.25, 0.3) is 0 Å². The van der Waals surface area contributed by atoms with E-state index in [0.29, 0.717) is 12.5 Å². The minimum Gasteiger partial charge on any atom is -0.474 e. The Balaban J connectivity index is 1.75. The van der Waals surface area contributed by atoms with E-state index in [2.05, 4.69) is 4.98 Å². The first-order valence-corrected chi connectivity index (χ1v) is 6.73. The summed E-state index contributed by atoms with van der Waals surface area (Å²) in [6.45, 7) is 4.10. The van der Waals surface area contributed by atoms with E-state index in [-0.39, 0.29) is 18.6 Å². The first-order chi connectivity index (χ1) is 9.29. The summed E-state index contributed by atoms with van der Waals surface area (Å²) in [7, 11) is 0. The summed E-state index contributed by atoms with van der Waals surface area (Å²) in [6, 6.07) is 5.62. The summed E-state index contributed by atoms with van der Waals surface area (Å²) in [5.41, 5.74) is 0. The van der Waals surface area contributed by atoms with Crippen LogP contribution in [0.5, 0.6) is 5.88 Å². The van der Waals surface area contributed by atoms with Crippen molar-refractivity contribution in [3.05, 3.63) is 24.4 Å². The largest absolute Gasteiger partial charge is 0.474 e. The Labute approximate surface area is 113 Å². The second-order valence-electron chi connectivity index (χ2n) is 4.50. The van der Waals surface area contributed by atoms with Crippen LogP contribution in [0.15, 0.2) is 24.4 Å². The van der Waals surface area contributed by atoms with Crippen molar-refractivity contribution in [2.75, 3.05) is 26.3 Å². The fourth-order valence-corrected chi connectivity index (χ4v) is 2.09. The topological polar surface area (TPSA) is 51.7 Å². The summed E-state index contributed by atoms with van der Waals surface area (Å²) in [4.78, 5) is 17.8. The number of ether oxygens (including phenoxy) is 2. The fraction of sp³-hybridized carbons (Fsp3) is 0.571. The van der Waals surface area contributed by atoms with Crippen LogP contribution in [0.3, 0.4) is 0 Å². The zero-order chi connectivity index (χ0) is 13.5. The minimum absolute atomic E-state index is 0.0677. The monoisotopic (exact) mass is 264 g/mol. The molecule has 0 atom stereocenters. The molecule has 1 aliphatic rings. The maximum Gasteiger partial charge on any atom is 0.248 e. The third-order valence-electron chi connectivity index (χ3n) is 3.15. The number of piperidine rings is 1. The van der Waals surface area contributed by atoms with Crippen molar-refractivity contribution < 1.29 is 14.3 Å². The predicted octanol–water partition coefficient (Wildman–Crippen LogP) is 1.49. The molecule has 1 aliphatic heterocycles. The summed E-state index contributed by atoms with van der Waals surface area (Å²) >= 11 is 0. The molecule has 1 fully saturated rings. The van der Waals surface area contributed by atoms with Crippen molar-refractivity contribution in [3.63, 3.8) is 0 Å². The van der Waals surface area contributed by atoms with Crippen molar-refractivity contribution in [2.45, 2.75) is 25.9 Å². The van der Waals surface area contributed by atoms with Gasteiger partial charge >= 0.3 is 0 Å². The van der Waals surface area contributed by atoms with E-state index < -0.39 is 0 Å². The third-order valence-corrected chi connectivity index (χ3v) is 3.15. The first kappa shape index (κ1) is 13.8. The SMILES string of the molecule is CCOCC(=O)N1CCC(Oc2ccccn2)CC1. The number of carbonyl (C=O) groups excluding carboxylic acids is 1. The van der Waals surface area contributed by atoms with Gasteiger partial charge < -0.3 is 14.4 Å². The molecule has 0 aliphatic carbocycles. The predicted molar refractivity (Wildman–Crippen MR) is 71.0 cm³/mol. The molecular formula is C14H20N2O3. The van der Waals surface area contributed by atoms with Gasteiger partial charge in [0.05, 0.1) is 0 Å². The molecule has 0 radical (unpaired) electrons. The standard InChI is InChI=1S/C14H20N2O3/c1-2-18-11-14(17)16-9-6-12(7-10-16)19-13-5-3-4-8-15-13/h3-5,8,12H,2,6-7,9-11H2,1H3. The second kappa shape index (κ2) is 7.09. The lowest BCUT2D eigenvalue weighted by molar-refractivity contribution is -0.137. The van der Waals surface area contributed by atoms with Gasteiger partial charge in [-0.3, -0.25) is 4.79 Å². The van der Waals surface area contributed by atoms with Gasteiger partial charge in [0.25, 0.3) is 0 Å². The van der Waals surface area contributed by atoms with Crippen molar-refractivity contribution in [1.82, 2.24) is 9.88 Å². The highest BCUT2D eigenvalue weighted by molar-refractivity contribution is 5.77. The molecule has 0 bridgehead atoms. The van der Waals surface area contributed by atoms with Gasteiger partial charge in [0.15, 0.2) is 0 Å². The lowest BCUT2D eigenvalue weighted by atomic mass is 10.1. The van der Waals surface area contributed by atoms with Crippen LogP contribution in [0.4, 0.5) is 0 Å². The average Bonchev–Trinajstić information content (AvgIpc) is 2.46. The molecule has 1 aromatic heterocycles. The molecule has 104 valence electrons. The van der Waals surface area contributed by atoms with E-state index in [4.69, 9.17) is 9.47 Å². The minimum atomic E-state index is 0.0677. The van der Waals surface area contributed by atoms with Crippen LogP contribution in [0, 0.1) is 0 Å². The van der Waals surface area contributed by atoms with Gasteiger partial charge in [-0.25, -0.2) is 4.98 Å². The van der Waals surface area contributed by atoms with Crippen LogP contribution in [-0.4, -0.2) is 48.2 Å². The lowest BCUT2D eigenvalue weighted by Crippen LogP contribution is -2.43. The number of carbonyl (C=O) groups is 1. The highest BCUT2D eigenvalue weighted by Gasteiger charge is 2.23. The number of amides is 1. The molecule has 0 aromatic carbocycles. The van der Waals surface area contributed by atoms with Gasteiger partial charge in [-0.2, -0.15) is 0 Å². The molecule has 0 saturated carbocycles. The van der Waals surface area contributed by atoms with Gasteiger partial charge in [0.2, 0.25) is 11.8 Å². The lowest BCUT2D eigenvalue weighted by Gasteiger charge is -2.31. The molecule has 2 rings (SSSR count). The number of rotatable bonds is 5. The smallest absolute Gasteiger partial charge is 0.248 e. The maximum absolute atomic E-state index is 11.8. The zero-order valence-corrected chi connectivity index (χ0v) is 11.2. The Morgan fingerprint density at radius 1 is 1.42 bits per heavy atom. The average molecular weight is 264 g/mol. The Hall–Kier alpha value is -1.62. The van der Waals surface area contributed by atoms with Crippen LogP contribution in [0.1, 0.15) is 19.8 Å². The zero-order valence-electron chi connectivity index (χ0n) is 11.2. The summed E-state index contributed by atoms with van der Waals surface area (Å²) in [5, 5.41) is 0. The van der Waals surface area contributed by atoms with Gasteiger partial charge in [0, 0.05) is 44.8 Å². The molecule has 0 spiro atoms. The summed E-state index contributed by atoms with van der Waals surface area (Å²) < 4.78 is 10.9. The molecule has 19 heavy (non-hydrogen) atoms. The summed E-state index contributed by atoms with van der Waals surface area (Å²) in [6.07, 6.45) is 3.55. The van der Waals surface area contributed by atoms with E-state index in [1.165, 1.54) is 0 Å². The first-order valence-electron chi connectivity index (χ1n) is 6.73. The number of aromatic nitrogens is 1. The molecule has 0 N–H and O–H groups in total. The third kappa shape index (κ3) is 4.21. The van der Waals surface area contributed by atoms with Crippen molar-refractivity contribution in [1.29, 1.82) is 0 Å². The number of pyridine rings is 1. The molecule has 1 saturated heterocycles. The van der Waals surface area contributed by atoms with Gasteiger partial charge in [-0.1, -0.05) is 6.07 Å². The number of hydrogen-bond donors (Lipinski definition) is 0. The molecule has 2 heterocycles. The Kier molecular flexibility index (Phi) is 5.15. The summed E-state index contributed by atoms with van der Waals surface area (Å²) in [5.74, 6) is 0.722. The van der Waals surface area contributed by atoms with E-state index in [1.807, 2.05) is 30.0 Å². The molecule has 1 aromatic rings. The highest BCUT2D eigenvalue weighted by atomic mass is 16.5. The van der Waals surface area contributed by atoms with Gasteiger partial charge in [0.1, 0.15) is 12.7 Å². The number of likely N-dealkylation sites (tertiary alicyclic amines) is 1. The van der Waals surface area contributed by atoms with Gasteiger partial charge in [-0.15, -0.1) is 0 Å². The van der Waals surface area contributed by atoms with Crippen molar-refractivity contribution in [3.8, 4) is 5.88 Å². The van der Waals surface area contributed by atoms with Gasteiger partial charge in [-0.05, 0) is 13.0 Å². The highest BCUT2D eigenvalue weighted by Crippen LogP contribution is 2.16. The van der Waals surface area contributed by atoms with E-state index in [1.54, 1.807) is 6.20 Å². The van der Waals surface area contributed by atoms with E-state index >= 15 is 0 Å². The van der Waals surface area contributed by atoms with Crippen LogP contribution < -0.4 is 4.74 Å². The molecule has 5 nitrogen and oxygen atoms in total. The second-order valence-corrected chi connectivity index (χ2v) is 4.50. The normalized spacial score (nSPS) is 16.4. The van der Waals surface area contributed by atoms with Crippen LogP contribution in [0.2, 0.25) is 0 Å². The molecule has 1 amide bonds. The maximum atomic E-state index is 11.8. The molecular weight excluding hydrogens is 244 g/mol. The number of nitrogens with zero attached hydrogens (tertiary/aromatic N) is 2. The van der Waals surface area contributed by atoms with Crippen LogP contribution in [-0.2, 0) is 9.53 Å². The van der Waals surface area contributed by atoms with Crippen molar-refractivity contribution in [2.24, 2.45) is 0 Å². The Morgan fingerprint density at radius 2 is 2.21 bits per heavy atom. The fourth-order valence-electron chi connectivity index (χ4n) is 2.09. The Bertz CT molecular complexity index is 389. The van der Waals surface area contributed by atoms with Crippen molar-refractivity contribution >= 4 is 5.91 Å². The molecule has 0 unspecified atom stereocenters. The number of hydrogen-bond acceptors (Lipinski definition) is 4. The quantitative estimate of drug-likeness (QED) is 0.808. The molecule has 5 heteroatoms. The van der Waals surface area contributed by atoms with E-state index in [9.17, 15) is 4.79 Å². The Morgan fingerprint density at radius 3 is 2.84 bits per heavy atom.